The van der Waals surface area contributed by atoms with Crippen molar-refractivity contribution in [3.63, 3.8) is 0 Å². The van der Waals surface area contributed by atoms with Crippen molar-refractivity contribution in [1.82, 2.24) is 15.0 Å². The van der Waals surface area contributed by atoms with E-state index in [0.717, 1.165) is 68.2 Å². The van der Waals surface area contributed by atoms with Gasteiger partial charge in [0.15, 0.2) is 0 Å². The van der Waals surface area contributed by atoms with Gasteiger partial charge in [-0.2, -0.15) is 4.98 Å². The normalized spacial score (nSPS) is 15.0. The monoisotopic (exact) mass is 319 g/mol. The number of rotatable bonds is 6. The van der Waals surface area contributed by atoms with Crippen LogP contribution in [0.4, 0.5) is 11.8 Å². The van der Waals surface area contributed by atoms with Gasteiger partial charge in [-0.1, -0.05) is 6.92 Å². The Labute approximate surface area is 134 Å². The fourth-order valence-corrected chi connectivity index (χ4v) is 2.95. The zero-order valence-corrected chi connectivity index (χ0v) is 13.6. The number of nitrogens with zero attached hydrogens (tertiary/aromatic N) is 4. The zero-order valence-electron chi connectivity index (χ0n) is 12.8. The lowest BCUT2D eigenvalue weighted by Gasteiger charge is -2.27. The van der Waals surface area contributed by atoms with Crippen molar-refractivity contribution in [2.24, 2.45) is 0 Å². The molecule has 0 spiro atoms. The molecule has 7 heteroatoms. The fourth-order valence-electron chi connectivity index (χ4n) is 2.33. The van der Waals surface area contributed by atoms with E-state index in [1.807, 2.05) is 17.6 Å². The molecule has 1 aliphatic rings. The van der Waals surface area contributed by atoms with Gasteiger partial charge in [0, 0.05) is 49.4 Å². The van der Waals surface area contributed by atoms with Crippen LogP contribution in [0.15, 0.2) is 17.6 Å². The molecule has 3 rings (SSSR count). The molecule has 118 valence electrons. The van der Waals surface area contributed by atoms with Gasteiger partial charge < -0.3 is 15.0 Å². The van der Waals surface area contributed by atoms with Gasteiger partial charge in [-0.15, -0.1) is 11.3 Å². The maximum absolute atomic E-state index is 5.40. The molecule has 0 unspecified atom stereocenters. The summed E-state index contributed by atoms with van der Waals surface area (Å²) in [5.41, 5.74) is 1.06. The lowest BCUT2D eigenvalue weighted by molar-refractivity contribution is 0.122. The molecule has 0 atom stereocenters. The number of nitrogens with one attached hydrogen (secondary N) is 1. The summed E-state index contributed by atoms with van der Waals surface area (Å²) in [6, 6.07) is 2.03. The van der Waals surface area contributed by atoms with E-state index in [-0.39, 0.29) is 0 Å². The van der Waals surface area contributed by atoms with Crippen LogP contribution >= 0.6 is 11.3 Å². The third-order valence-electron chi connectivity index (χ3n) is 3.55. The molecular formula is C15H21N5OS. The van der Waals surface area contributed by atoms with Gasteiger partial charge in [0.2, 0.25) is 5.95 Å². The summed E-state index contributed by atoms with van der Waals surface area (Å²) >= 11 is 1.69. The average Bonchev–Trinajstić information content (AvgIpc) is 3.09. The summed E-state index contributed by atoms with van der Waals surface area (Å²) in [5, 5.41) is 6.54. The van der Waals surface area contributed by atoms with Crippen molar-refractivity contribution in [3.8, 4) is 0 Å². The topological polar surface area (TPSA) is 63.2 Å². The van der Waals surface area contributed by atoms with Crippen LogP contribution in [0.2, 0.25) is 0 Å². The molecule has 0 saturated carbocycles. The molecule has 0 aromatic carbocycles. The van der Waals surface area contributed by atoms with E-state index in [4.69, 9.17) is 4.74 Å². The molecule has 1 aliphatic heterocycles. The highest BCUT2D eigenvalue weighted by atomic mass is 32.1. The predicted octanol–water partition coefficient (Wildman–Crippen LogP) is 1.99. The second kappa shape index (κ2) is 7.51. The Morgan fingerprint density at radius 2 is 2.18 bits per heavy atom. The van der Waals surface area contributed by atoms with Crippen LogP contribution in [0.3, 0.4) is 0 Å². The summed E-state index contributed by atoms with van der Waals surface area (Å²) in [5.74, 6) is 1.70. The minimum absolute atomic E-state index is 0.743. The van der Waals surface area contributed by atoms with Gasteiger partial charge in [-0.3, -0.25) is 0 Å². The summed E-state index contributed by atoms with van der Waals surface area (Å²) in [4.78, 5) is 15.8. The molecular weight excluding hydrogens is 298 g/mol. The summed E-state index contributed by atoms with van der Waals surface area (Å²) < 4.78 is 5.40. The SMILES string of the molecule is CCc1cc(NCCc2nccs2)nc(N2CCOCC2)n1. The van der Waals surface area contributed by atoms with Crippen molar-refractivity contribution >= 4 is 23.1 Å². The van der Waals surface area contributed by atoms with E-state index in [1.54, 1.807) is 11.3 Å². The number of ether oxygens (including phenoxy) is 1. The number of thiazole rings is 1. The van der Waals surface area contributed by atoms with E-state index in [1.165, 1.54) is 0 Å². The van der Waals surface area contributed by atoms with Crippen molar-refractivity contribution in [3.05, 3.63) is 28.3 Å². The quantitative estimate of drug-likeness (QED) is 0.878. The Bertz CT molecular complexity index is 584. The highest BCUT2D eigenvalue weighted by molar-refractivity contribution is 7.09. The van der Waals surface area contributed by atoms with Gasteiger partial charge in [-0.25, -0.2) is 9.97 Å². The van der Waals surface area contributed by atoms with Gasteiger partial charge in [0.25, 0.3) is 0 Å². The minimum Gasteiger partial charge on any atom is -0.378 e. The largest absolute Gasteiger partial charge is 0.378 e. The van der Waals surface area contributed by atoms with Crippen LogP contribution < -0.4 is 10.2 Å². The van der Waals surface area contributed by atoms with E-state index in [2.05, 4.69) is 32.1 Å². The molecule has 1 fully saturated rings. The molecule has 2 aromatic rings. The third-order valence-corrected chi connectivity index (χ3v) is 4.39. The molecule has 22 heavy (non-hydrogen) atoms. The number of hydrogen-bond donors (Lipinski definition) is 1. The highest BCUT2D eigenvalue weighted by Gasteiger charge is 2.15. The van der Waals surface area contributed by atoms with E-state index >= 15 is 0 Å². The first-order valence-electron chi connectivity index (χ1n) is 7.68. The van der Waals surface area contributed by atoms with Gasteiger partial charge >= 0.3 is 0 Å². The Balaban J connectivity index is 1.66. The Morgan fingerprint density at radius 1 is 1.32 bits per heavy atom. The van der Waals surface area contributed by atoms with Crippen molar-refractivity contribution < 1.29 is 4.74 Å². The smallest absolute Gasteiger partial charge is 0.227 e. The van der Waals surface area contributed by atoms with Crippen LogP contribution in [0.5, 0.6) is 0 Å². The standard InChI is InChI=1S/C15H21N5OS/c1-2-12-11-13(16-4-3-14-17-5-10-22-14)19-15(18-12)20-6-8-21-9-7-20/h5,10-11H,2-4,6-9H2,1H3,(H,16,18,19). The summed E-state index contributed by atoms with van der Waals surface area (Å²) in [6.45, 7) is 6.14. The molecule has 0 bridgehead atoms. The summed E-state index contributed by atoms with van der Waals surface area (Å²) in [7, 11) is 0. The molecule has 0 aliphatic carbocycles. The number of morpholine rings is 1. The molecule has 1 saturated heterocycles. The number of aromatic nitrogens is 3. The Kier molecular flexibility index (Phi) is 5.18. The molecule has 0 radical (unpaired) electrons. The molecule has 3 heterocycles. The van der Waals surface area contributed by atoms with Gasteiger partial charge in [0.1, 0.15) is 5.82 Å². The molecule has 0 amide bonds. The third kappa shape index (κ3) is 3.92. The maximum atomic E-state index is 5.40. The Hall–Kier alpha value is -1.73. The predicted molar refractivity (Wildman–Crippen MR) is 88.7 cm³/mol. The second-order valence-electron chi connectivity index (χ2n) is 5.10. The zero-order chi connectivity index (χ0) is 15.2. The van der Waals surface area contributed by atoms with E-state index in [9.17, 15) is 0 Å². The van der Waals surface area contributed by atoms with Gasteiger partial charge in [-0.05, 0) is 6.42 Å². The maximum Gasteiger partial charge on any atom is 0.227 e. The average molecular weight is 319 g/mol. The van der Waals surface area contributed by atoms with Crippen LogP contribution in [0.25, 0.3) is 0 Å². The fraction of sp³-hybridized carbons (Fsp3) is 0.533. The molecule has 1 N–H and O–H groups in total. The molecule has 6 nitrogen and oxygen atoms in total. The second-order valence-corrected chi connectivity index (χ2v) is 6.08. The van der Waals surface area contributed by atoms with Crippen molar-refractivity contribution in [1.29, 1.82) is 0 Å². The lowest BCUT2D eigenvalue weighted by atomic mass is 10.3. The molecule has 2 aromatic heterocycles. The first-order chi connectivity index (χ1) is 10.8. The van der Waals surface area contributed by atoms with Crippen molar-refractivity contribution in [2.75, 3.05) is 43.1 Å². The van der Waals surface area contributed by atoms with Gasteiger partial charge in [0.05, 0.1) is 18.2 Å². The van der Waals surface area contributed by atoms with E-state index < -0.39 is 0 Å². The number of aryl methyl sites for hydroxylation is 1. The van der Waals surface area contributed by atoms with Crippen LogP contribution in [0.1, 0.15) is 17.6 Å². The van der Waals surface area contributed by atoms with Crippen LogP contribution in [-0.4, -0.2) is 47.8 Å². The number of anilines is 2. The Morgan fingerprint density at radius 3 is 2.91 bits per heavy atom. The van der Waals surface area contributed by atoms with Crippen molar-refractivity contribution in [2.45, 2.75) is 19.8 Å². The summed E-state index contributed by atoms with van der Waals surface area (Å²) in [6.07, 6.45) is 3.66. The minimum atomic E-state index is 0.743. The number of hydrogen-bond acceptors (Lipinski definition) is 7. The first kappa shape index (κ1) is 15.2. The first-order valence-corrected chi connectivity index (χ1v) is 8.56. The van der Waals surface area contributed by atoms with Crippen LogP contribution in [-0.2, 0) is 17.6 Å². The van der Waals surface area contributed by atoms with Crippen LogP contribution in [0, 0.1) is 0 Å². The van der Waals surface area contributed by atoms with E-state index in [0.29, 0.717) is 0 Å². The highest BCUT2D eigenvalue weighted by Crippen LogP contribution is 2.16. The lowest BCUT2D eigenvalue weighted by Crippen LogP contribution is -2.37.